The smallest absolute Gasteiger partial charge is 0.261 e. The highest BCUT2D eigenvalue weighted by molar-refractivity contribution is 6.30. The van der Waals surface area contributed by atoms with Gasteiger partial charge >= 0.3 is 0 Å². The number of hydrogen-bond acceptors (Lipinski definition) is 4. The zero-order chi connectivity index (χ0) is 25.4. The first-order chi connectivity index (χ1) is 17.3. The van der Waals surface area contributed by atoms with E-state index >= 15 is 0 Å². The van der Waals surface area contributed by atoms with Crippen LogP contribution < -0.4 is 10.1 Å². The molecule has 2 N–H and O–H groups in total. The van der Waals surface area contributed by atoms with Gasteiger partial charge in [-0.05, 0) is 68.5 Å². The summed E-state index contributed by atoms with van der Waals surface area (Å²) < 4.78 is 34.7. The third-order valence-electron chi connectivity index (χ3n) is 7.29. The SMILES string of the molecule is C[C@H](C[C@H]1CCC[C@@H]1NC(=O)[C@H]1C[C@@H](O)c2cc(Cl)ccc2O1)n1cnc(-c2ccc(F)c(F)c2)c1. The minimum Gasteiger partial charge on any atom is -0.480 e. The van der Waals surface area contributed by atoms with Crippen molar-refractivity contribution in [3.63, 3.8) is 0 Å². The van der Waals surface area contributed by atoms with Crippen LogP contribution >= 0.6 is 11.6 Å². The summed E-state index contributed by atoms with van der Waals surface area (Å²) in [4.78, 5) is 17.4. The summed E-state index contributed by atoms with van der Waals surface area (Å²) >= 11 is 6.02. The highest BCUT2D eigenvalue weighted by atomic mass is 35.5. The minimum atomic E-state index is -0.901. The lowest BCUT2D eigenvalue weighted by Crippen LogP contribution is -2.47. The maximum atomic E-state index is 13.6. The van der Waals surface area contributed by atoms with Crippen LogP contribution in [0.5, 0.6) is 5.75 Å². The quantitative estimate of drug-likeness (QED) is 0.448. The summed E-state index contributed by atoms with van der Waals surface area (Å²) in [6, 6.07) is 8.89. The van der Waals surface area contributed by atoms with E-state index in [2.05, 4.69) is 17.2 Å². The van der Waals surface area contributed by atoms with E-state index in [0.717, 1.165) is 37.8 Å². The molecule has 190 valence electrons. The molecule has 1 fully saturated rings. The number of hydrogen-bond donors (Lipinski definition) is 2. The number of aromatic nitrogens is 2. The van der Waals surface area contributed by atoms with Crippen LogP contribution in [0.1, 0.15) is 56.7 Å². The summed E-state index contributed by atoms with van der Waals surface area (Å²) in [6.45, 7) is 2.08. The van der Waals surface area contributed by atoms with Gasteiger partial charge in [-0.2, -0.15) is 0 Å². The van der Waals surface area contributed by atoms with Crippen molar-refractivity contribution in [3.05, 3.63) is 71.1 Å². The molecule has 6 nitrogen and oxygen atoms in total. The van der Waals surface area contributed by atoms with Crippen LogP contribution in [0.4, 0.5) is 8.78 Å². The van der Waals surface area contributed by atoms with Crippen molar-refractivity contribution in [2.75, 3.05) is 0 Å². The standard InChI is InChI=1S/C27H28ClF2N3O3/c1-15(33-13-23(31-14-33)17-5-7-20(29)21(30)10-17)9-16-3-2-4-22(16)32-27(35)26-12-24(34)19-11-18(28)6-8-25(19)36-26/h5-8,10-11,13-16,22,24,26,34H,2-4,9,12H2,1H3,(H,32,35)/t15-,16-,22+,24-,26-/m1/s1. The molecular formula is C27H28ClF2N3O3. The van der Waals surface area contributed by atoms with Gasteiger partial charge in [0.15, 0.2) is 17.7 Å². The Labute approximate surface area is 213 Å². The Morgan fingerprint density at radius 1 is 1.25 bits per heavy atom. The van der Waals surface area contributed by atoms with Crippen LogP contribution in [0.2, 0.25) is 5.02 Å². The number of rotatable bonds is 6. The topological polar surface area (TPSA) is 76.4 Å². The van der Waals surface area contributed by atoms with Crippen molar-refractivity contribution in [2.24, 2.45) is 5.92 Å². The summed E-state index contributed by atoms with van der Waals surface area (Å²) in [5.74, 6) is -1.25. The molecule has 0 unspecified atom stereocenters. The zero-order valence-corrected chi connectivity index (χ0v) is 20.6. The number of ether oxygens (including phenoxy) is 1. The van der Waals surface area contributed by atoms with Crippen LogP contribution in [0.25, 0.3) is 11.3 Å². The van der Waals surface area contributed by atoms with Crippen molar-refractivity contribution >= 4 is 17.5 Å². The molecule has 0 radical (unpaired) electrons. The maximum Gasteiger partial charge on any atom is 0.261 e. The van der Waals surface area contributed by atoms with Gasteiger partial charge in [0.2, 0.25) is 0 Å². The molecule has 1 aromatic heterocycles. The zero-order valence-electron chi connectivity index (χ0n) is 19.8. The fraction of sp³-hybridized carbons (Fsp3) is 0.407. The van der Waals surface area contributed by atoms with E-state index < -0.39 is 23.8 Å². The number of halogens is 3. The minimum absolute atomic E-state index is 0.0153. The average molecular weight is 516 g/mol. The number of amides is 1. The van der Waals surface area contributed by atoms with E-state index in [-0.39, 0.29) is 30.3 Å². The second-order valence-corrected chi connectivity index (χ2v) is 10.2. The van der Waals surface area contributed by atoms with Gasteiger partial charge in [-0.25, -0.2) is 13.8 Å². The van der Waals surface area contributed by atoms with Gasteiger partial charge in [0.1, 0.15) is 5.75 Å². The molecule has 0 spiro atoms. The number of benzene rings is 2. The molecule has 0 saturated heterocycles. The van der Waals surface area contributed by atoms with Gasteiger partial charge < -0.3 is 19.7 Å². The predicted octanol–water partition coefficient (Wildman–Crippen LogP) is 5.60. The maximum absolute atomic E-state index is 13.6. The van der Waals surface area contributed by atoms with E-state index in [4.69, 9.17) is 16.3 Å². The monoisotopic (exact) mass is 515 g/mol. The lowest BCUT2D eigenvalue weighted by molar-refractivity contribution is -0.131. The number of carbonyl (C=O) groups is 1. The lowest BCUT2D eigenvalue weighted by atomic mass is 9.94. The second kappa shape index (κ2) is 10.2. The van der Waals surface area contributed by atoms with Gasteiger partial charge in [-0.15, -0.1) is 0 Å². The van der Waals surface area contributed by atoms with E-state index in [1.807, 2.05) is 10.8 Å². The van der Waals surface area contributed by atoms with E-state index in [0.29, 0.717) is 27.6 Å². The fourth-order valence-corrected chi connectivity index (χ4v) is 5.49. The molecule has 2 aromatic carbocycles. The number of nitrogens with zero attached hydrogens (tertiary/aromatic N) is 2. The van der Waals surface area contributed by atoms with Gasteiger partial charge in [0.05, 0.1) is 18.1 Å². The van der Waals surface area contributed by atoms with E-state index in [9.17, 15) is 18.7 Å². The van der Waals surface area contributed by atoms with Crippen LogP contribution in [-0.2, 0) is 4.79 Å². The van der Waals surface area contributed by atoms with Crippen LogP contribution in [0.15, 0.2) is 48.9 Å². The Hall–Kier alpha value is -2.97. The largest absolute Gasteiger partial charge is 0.480 e. The van der Waals surface area contributed by atoms with E-state index in [1.165, 1.54) is 6.07 Å². The van der Waals surface area contributed by atoms with Gasteiger partial charge in [0.25, 0.3) is 5.91 Å². The Kier molecular flexibility index (Phi) is 6.99. The number of fused-ring (bicyclic) bond motifs is 1. The molecule has 1 saturated carbocycles. The Morgan fingerprint density at radius 3 is 2.89 bits per heavy atom. The van der Waals surface area contributed by atoms with Crippen molar-refractivity contribution < 1.29 is 23.4 Å². The number of nitrogens with one attached hydrogen (secondary N) is 1. The molecule has 2 heterocycles. The number of carbonyl (C=O) groups excluding carboxylic acids is 1. The van der Waals surface area contributed by atoms with Crippen LogP contribution in [0.3, 0.4) is 0 Å². The molecule has 5 atom stereocenters. The summed E-state index contributed by atoms with van der Waals surface area (Å²) in [5.41, 5.74) is 1.69. The van der Waals surface area contributed by atoms with E-state index in [1.54, 1.807) is 24.5 Å². The molecule has 1 aliphatic carbocycles. The summed E-state index contributed by atoms with van der Waals surface area (Å²) in [5, 5.41) is 14.2. The number of imidazole rings is 1. The van der Waals surface area contributed by atoms with Crippen molar-refractivity contribution in [1.82, 2.24) is 14.9 Å². The van der Waals surface area contributed by atoms with Gasteiger partial charge in [-0.1, -0.05) is 18.0 Å². The Balaban J connectivity index is 1.21. The number of aliphatic hydroxyl groups is 1. The highest BCUT2D eigenvalue weighted by Gasteiger charge is 2.36. The van der Waals surface area contributed by atoms with Crippen LogP contribution in [-0.4, -0.2) is 32.7 Å². The van der Waals surface area contributed by atoms with Gasteiger partial charge in [0, 0.05) is 40.9 Å². The summed E-state index contributed by atoms with van der Waals surface area (Å²) in [6.07, 6.45) is 5.85. The number of aliphatic hydroxyl groups excluding tert-OH is 1. The van der Waals surface area contributed by atoms with Crippen molar-refractivity contribution in [1.29, 1.82) is 0 Å². The molecule has 36 heavy (non-hydrogen) atoms. The van der Waals surface area contributed by atoms with Crippen LogP contribution in [0, 0.1) is 17.6 Å². The molecular weight excluding hydrogens is 488 g/mol. The molecule has 9 heteroatoms. The third-order valence-corrected chi connectivity index (χ3v) is 7.52. The molecule has 1 aliphatic heterocycles. The lowest BCUT2D eigenvalue weighted by Gasteiger charge is -2.31. The van der Waals surface area contributed by atoms with Crippen molar-refractivity contribution in [2.45, 2.75) is 63.3 Å². The molecule has 1 amide bonds. The molecule has 2 aliphatic rings. The fourth-order valence-electron chi connectivity index (χ4n) is 5.31. The average Bonchev–Trinajstić information content (AvgIpc) is 3.51. The second-order valence-electron chi connectivity index (χ2n) is 9.77. The van der Waals surface area contributed by atoms with Gasteiger partial charge in [-0.3, -0.25) is 4.79 Å². The Morgan fingerprint density at radius 2 is 2.08 bits per heavy atom. The first-order valence-corrected chi connectivity index (χ1v) is 12.6. The molecule has 5 rings (SSSR count). The summed E-state index contributed by atoms with van der Waals surface area (Å²) in [7, 11) is 0. The predicted molar refractivity (Wildman–Crippen MR) is 132 cm³/mol. The Bertz CT molecular complexity index is 1270. The first kappa shape index (κ1) is 24.7. The first-order valence-electron chi connectivity index (χ1n) is 12.2. The normalized spacial score (nSPS) is 24.1. The van der Waals surface area contributed by atoms with Crippen molar-refractivity contribution in [3.8, 4) is 17.0 Å². The molecule has 0 bridgehead atoms. The third kappa shape index (κ3) is 5.11. The molecule has 3 aromatic rings. The highest BCUT2D eigenvalue weighted by Crippen LogP contribution is 2.37.